The van der Waals surface area contributed by atoms with Gasteiger partial charge in [-0.15, -0.1) is 0 Å². The standard InChI is InChI=1S/C15H11BrN2O2S/c16-5-7-18-12-4-3-10(8-13(12)21-15(18)20)14(19)11-2-1-6-17-9-11/h1-4,6,8-9H,5,7H2. The van der Waals surface area contributed by atoms with Gasteiger partial charge in [-0.2, -0.15) is 0 Å². The van der Waals surface area contributed by atoms with Crippen LogP contribution in [0.2, 0.25) is 0 Å². The number of fused-ring (bicyclic) bond motifs is 1. The fraction of sp³-hybridized carbons (Fsp3) is 0.133. The van der Waals surface area contributed by atoms with Gasteiger partial charge in [0.25, 0.3) is 0 Å². The van der Waals surface area contributed by atoms with Gasteiger partial charge in [0.05, 0.1) is 10.2 Å². The number of ketones is 1. The fourth-order valence-corrected chi connectivity index (χ4v) is 3.48. The molecule has 3 aromatic rings. The molecule has 0 saturated heterocycles. The SMILES string of the molecule is O=C(c1cccnc1)c1ccc2c(c1)sc(=O)n2CCBr. The van der Waals surface area contributed by atoms with Crippen molar-refractivity contribution in [3.05, 3.63) is 63.5 Å². The monoisotopic (exact) mass is 362 g/mol. The largest absolute Gasteiger partial charge is 0.308 e. The normalized spacial score (nSPS) is 10.9. The maximum absolute atomic E-state index is 12.4. The summed E-state index contributed by atoms with van der Waals surface area (Å²) in [7, 11) is 0. The third kappa shape index (κ3) is 2.69. The van der Waals surface area contributed by atoms with Crippen molar-refractivity contribution in [3.63, 3.8) is 0 Å². The Bertz CT molecular complexity index is 855. The van der Waals surface area contributed by atoms with Gasteiger partial charge in [0.2, 0.25) is 0 Å². The van der Waals surface area contributed by atoms with Gasteiger partial charge in [-0.05, 0) is 30.3 Å². The van der Waals surface area contributed by atoms with E-state index in [2.05, 4.69) is 20.9 Å². The van der Waals surface area contributed by atoms with Crippen LogP contribution < -0.4 is 4.87 Å². The van der Waals surface area contributed by atoms with Gasteiger partial charge in [0, 0.05) is 35.4 Å². The third-order valence-electron chi connectivity index (χ3n) is 3.16. The van der Waals surface area contributed by atoms with Crippen LogP contribution in [0.4, 0.5) is 0 Å². The molecule has 0 fully saturated rings. The molecule has 4 nitrogen and oxygen atoms in total. The second kappa shape index (κ2) is 5.91. The molecule has 3 rings (SSSR count). The molecular formula is C15H11BrN2O2S. The Morgan fingerprint density at radius 1 is 1.29 bits per heavy atom. The summed E-state index contributed by atoms with van der Waals surface area (Å²) in [6.45, 7) is 0.620. The summed E-state index contributed by atoms with van der Waals surface area (Å²) in [5, 5.41) is 0.717. The Morgan fingerprint density at radius 2 is 2.14 bits per heavy atom. The number of carbonyl (C=O) groups excluding carboxylic acids is 1. The second-order valence-electron chi connectivity index (χ2n) is 4.46. The molecule has 6 heteroatoms. The predicted octanol–water partition coefficient (Wildman–Crippen LogP) is 3.08. The van der Waals surface area contributed by atoms with Gasteiger partial charge in [-0.1, -0.05) is 27.3 Å². The number of hydrogen-bond acceptors (Lipinski definition) is 4. The van der Waals surface area contributed by atoms with Crippen molar-refractivity contribution >= 4 is 43.3 Å². The zero-order valence-corrected chi connectivity index (χ0v) is 13.4. The van der Waals surface area contributed by atoms with E-state index in [9.17, 15) is 9.59 Å². The molecule has 0 aliphatic rings. The van der Waals surface area contributed by atoms with Crippen molar-refractivity contribution in [1.29, 1.82) is 0 Å². The minimum atomic E-state index is -0.0853. The molecule has 0 unspecified atom stereocenters. The smallest absolute Gasteiger partial charge is 0.298 e. The summed E-state index contributed by atoms with van der Waals surface area (Å²) in [5.74, 6) is -0.0853. The number of carbonyl (C=O) groups is 1. The second-order valence-corrected chi connectivity index (χ2v) is 6.25. The summed E-state index contributed by atoms with van der Waals surface area (Å²) < 4.78 is 2.54. The highest BCUT2D eigenvalue weighted by Crippen LogP contribution is 2.21. The van der Waals surface area contributed by atoms with Crippen LogP contribution in [0.15, 0.2) is 47.5 Å². The van der Waals surface area contributed by atoms with Gasteiger partial charge >= 0.3 is 4.87 Å². The highest BCUT2D eigenvalue weighted by Gasteiger charge is 2.13. The number of aromatic nitrogens is 2. The Morgan fingerprint density at radius 3 is 2.86 bits per heavy atom. The summed E-state index contributed by atoms with van der Waals surface area (Å²) in [4.78, 5) is 28.3. The van der Waals surface area contributed by atoms with Gasteiger partial charge in [0.1, 0.15) is 0 Å². The first-order chi connectivity index (χ1) is 10.2. The van der Waals surface area contributed by atoms with Crippen LogP contribution in [0.25, 0.3) is 10.2 Å². The van der Waals surface area contributed by atoms with Crippen LogP contribution in [-0.2, 0) is 6.54 Å². The first kappa shape index (κ1) is 14.2. The lowest BCUT2D eigenvalue weighted by Crippen LogP contribution is -2.13. The van der Waals surface area contributed by atoms with E-state index in [1.165, 1.54) is 0 Å². The molecule has 2 heterocycles. The number of rotatable bonds is 4. The highest BCUT2D eigenvalue weighted by atomic mass is 79.9. The molecule has 0 amide bonds. The number of aryl methyl sites for hydroxylation is 1. The van der Waals surface area contributed by atoms with Crippen LogP contribution in [0.1, 0.15) is 15.9 Å². The number of halogens is 1. The first-order valence-electron chi connectivity index (χ1n) is 6.35. The summed E-state index contributed by atoms with van der Waals surface area (Å²) in [6, 6.07) is 8.84. The van der Waals surface area contributed by atoms with Crippen molar-refractivity contribution < 1.29 is 4.79 Å². The zero-order valence-electron chi connectivity index (χ0n) is 11.0. The van der Waals surface area contributed by atoms with Crippen molar-refractivity contribution in [1.82, 2.24) is 9.55 Å². The Labute approximate surface area is 133 Å². The molecule has 0 aliphatic heterocycles. The van der Waals surface area contributed by atoms with E-state index in [0.29, 0.717) is 17.7 Å². The molecular weight excluding hydrogens is 352 g/mol. The topological polar surface area (TPSA) is 52.0 Å². The minimum absolute atomic E-state index is 0.00423. The van der Waals surface area contributed by atoms with Crippen molar-refractivity contribution in [3.8, 4) is 0 Å². The Kier molecular flexibility index (Phi) is 3.98. The minimum Gasteiger partial charge on any atom is -0.298 e. The van der Waals surface area contributed by atoms with Crippen LogP contribution in [0, 0.1) is 0 Å². The average Bonchev–Trinajstić information content (AvgIpc) is 2.83. The molecule has 0 saturated carbocycles. The zero-order chi connectivity index (χ0) is 14.8. The van der Waals surface area contributed by atoms with Gasteiger partial charge in [-0.25, -0.2) is 0 Å². The maximum Gasteiger partial charge on any atom is 0.308 e. The van der Waals surface area contributed by atoms with E-state index in [4.69, 9.17) is 0 Å². The molecule has 2 aromatic heterocycles. The summed E-state index contributed by atoms with van der Waals surface area (Å²) >= 11 is 4.51. The molecule has 0 aliphatic carbocycles. The maximum atomic E-state index is 12.4. The van der Waals surface area contributed by atoms with E-state index < -0.39 is 0 Å². The lowest BCUT2D eigenvalue weighted by atomic mass is 10.1. The van der Waals surface area contributed by atoms with Crippen LogP contribution in [0.5, 0.6) is 0 Å². The molecule has 1 aromatic carbocycles. The third-order valence-corrected chi connectivity index (χ3v) is 4.46. The van der Waals surface area contributed by atoms with Crippen LogP contribution in [-0.4, -0.2) is 20.7 Å². The van der Waals surface area contributed by atoms with Crippen molar-refractivity contribution in [2.24, 2.45) is 0 Å². The molecule has 0 atom stereocenters. The fourth-order valence-electron chi connectivity index (χ4n) is 2.17. The van der Waals surface area contributed by atoms with E-state index >= 15 is 0 Å². The quantitative estimate of drug-likeness (QED) is 0.529. The van der Waals surface area contributed by atoms with E-state index in [-0.39, 0.29) is 10.7 Å². The molecule has 0 bridgehead atoms. The number of hydrogen-bond donors (Lipinski definition) is 0. The Balaban J connectivity index is 2.06. The molecule has 0 radical (unpaired) electrons. The van der Waals surface area contributed by atoms with Crippen molar-refractivity contribution in [2.45, 2.75) is 6.54 Å². The van der Waals surface area contributed by atoms with Gasteiger partial charge in [0.15, 0.2) is 5.78 Å². The number of alkyl halides is 1. The summed E-state index contributed by atoms with van der Waals surface area (Å²) in [6.07, 6.45) is 3.18. The van der Waals surface area contributed by atoms with E-state index in [1.54, 1.807) is 41.2 Å². The number of benzene rings is 1. The lowest BCUT2D eigenvalue weighted by Gasteiger charge is -2.03. The average molecular weight is 363 g/mol. The molecule has 0 spiro atoms. The van der Waals surface area contributed by atoms with Gasteiger partial charge < -0.3 is 0 Å². The molecule has 0 N–H and O–H groups in total. The molecule has 21 heavy (non-hydrogen) atoms. The lowest BCUT2D eigenvalue weighted by molar-refractivity contribution is 0.103. The number of thiazole rings is 1. The van der Waals surface area contributed by atoms with E-state index in [0.717, 1.165) is 26.9 Å². The summed E-state index contributed by atoms with van der Waals surface area (Å²) in [5.41, 5.74) is 1.99. The number of pyridine rings is 1. The number of nitrogens with zero attached hydrogens (tertiary/aromatic N) is 2. The van der Waals surface area contributed by atoms with Crippen molar-refractivity contribution in [2.75, 3.05) is 5.33 Å². The van der Waals surface area contributed by atoms with Crippen LogP contribution in [0.3, 0.4) is 0 Å². The Hall–Kier alpha value is -1.79. The first-order valence-corrected chi connectivity index (χ1v) is 8.28. The highest BCUT2D eigenvalue weighted by molar-refractivity contribution is 9.09. The van der Waals surface area contributed by atoms with E-state index in [1.807, 2.05) is 6.07 Å². The van der Waals surface area contributed by atoms with Gasteiger partial charge in [-0.3, -0.25) is 19.1 Å². The molecule has 106 valence electrons. The van der Waals surface area contributed by atoms with Crippen LogP contribution >= 0.6 is 27.3 Å². The predicted molar refractivity (Wildman–Crippen MR) is 87.5 cm³/mol.